The fraction of sp³-hybridized carbons (Fsp3) is 0. The second-order valence-corrected chi connectivity index (χ2v) is 9.84. The monoisotopic (exact) mass is 522 g/mol. The molecule has 0 spiro atoms. The molecule has 0 unspecified atom stereocenters. The van der Waals surface area contributed by atoms with Gasteiger partial charge < -0.3 is 9.97 Å². The molecular formula is C26H19MnN4O3S. The second kappa shape index (κ2) is 9.48. The normalized spacial score (nSPS) is 12.3. The van der Waals surface area contributed by atoms with Gasteiger partial charge in [0.2, 0.25) is 0 Å². The van der Waals surface area contributed by atoms with Gasteiger partial charge in [0.1, 0.15) is 0 Å². The van der Waals surface area contributed by atoms with Gasteiger partial charge in [-0.05, 0) is 72.8 Å². The number of nitrogens with zero attached hydrogens (tertiary/aromatic N) is 2. The minimum absolute atomic E-state index is 0.111. The SMILES string of the molecule is C1=Cc2cc3ccc(cc4nc(cc5ccc(cc1n2)[nH]5)C=C4)[nH]3.O=S(=O)(O)c1cccc[c]1[Mn]. The zero-order chi connectivity index (χ0) is 24.4. The van der Waals surface area contributed by atoms with Crippen LogP contribution in [0.5, 0.6) is 0 Å². The van der Waals surface area contributed by atoms with E-state index in [2.05, 4.69) is 60.2 Å². The number of benzene rings is 1. The van der Waals surface area contributed by atoms with Gasteiger partial charge in [-0.1, -0.05) is 0 Å². The molecule has 4 aromatic rings. The van der Waals surface area contributed by atoms with E-state index in [1.807, 2.05) is 48.6 Å². The van der Waals surface area contributed by atoms with Crippen LogP contribution in [0, 0.1) is 0 Å². The van der Waals surface area contributed by atoms with E-state index in [-0.39, 0.29) is 4.90 Å². The molecule has 35 heavy (non-hydrogen) atoms. The molecule has 0 saturated carbocycles. The van der Waals surface area contributed by atoms with E-state index in [9.17, 15) is 8.42 Å². The minimum atomic E-state index is -4.08. The van der Waals surface area contributed by atoms with Crippen LogP contribution < -0.4 is 4.46 Å². The van der Waals surface area contributed by atoms with Crippen molar-refractivity contribution in [1.82, 2.24) is 19.9 Å². The zero-order valence-electron chi connectivity index (χ0n) is 18.2. The average Bonchev–Trinajstić information content (AvgIpc) is 3.60. The molecule has 9 heteroatoms. The molecule has 2 aliphatic heterocycles. The topological polar surface area (TPSA) is 112 Å². The quantitative estimate of drug-likeness (QED) is 0.213. The van der Waals surface area contributed by atoms with Gasteiger partial charge in [0.05, 0.1) is 22.8 Å². The van der Waals surface area contributed by atoms with Crippen molar-refractivity contribution in [1.29, 1.82) is 0 Å². The van der Waals surface area contributed by atoms with Crippen LogP contribution in [0.1, 0.15) is 22.8 Å². The molecule has 0 amide bonds. The maximum absolute atomic E-state index is 10.6. The van der Waals surface area contributed by atoms with Gasteiger partial charge in [0.25, 0.3) is 0 Å². The number of aromatic nitrogens is 4. The average molecular weight is 522 g/mol. The van der Waals surface area contributed by atoms with Crippen molar-refractivity contribution < 1.29 is 29.0 Å². The number of fused-ring (bicyclic) bond motifs is 8. The molecule has 6 rings (SSSR count). The van der Waals surface area contributed by atoms with E-state index in [1.54, 1.807) is 12.1 Å². The molecule has 5 heterocycles. The van der Waals surface area contributed by atoms with Crippen LogP contribution in [0.2, 0.25) is 0 Å². The number of H-pyrrole nitrogens is 2. The fourth-order valence-electron chi connectivity index (χ4n) is 3.60. The van der Waals surface area contributed by atoms with Gasteiger partial charge in [-0.2, -0.15) is 0 Å². The summed E-state index contributed by atoms with van der Waals surface area (Å²) in [5.41, 5.74) is 7.86. The van der Waals surface area contributed by atoms with Crippen molar-refractivity contribution in [3.8, 4) is 0 Å². The zero-order valence-corrected chi connectivity index (χ0v) is 20.2. The summed E-state index contributed by atoms with van der Waals surface area (Å²) in [6.45, 7) is 0. The van der Waals surface area contributed by atoms with E-state index in [0.717, 1.165) is 44.8 Å². The summed E-state index contributed by atoms with van der Waals surface area (Å²) >= 11 is 2.99. The van der Waals surface area contributed by atoms with Crippen LogP contribution in [-0.2, 0) is 26.1 Å². The number of aromatic amines is 2. The van der Waals surface area contributed by atoms with Gasteiger partial charge in [-0.15, -0.1) is 0 Å². The Kier molecular flexibility index (Phi) is 6.23. The van der Waals surface area contributed by atoms with Crippen LogP contribution in [0.15, 0.2) is 77.7 Å². The molecule has 7 nitrogen and oxygen atoms in total. The van der Waals surface area contributed by atoms with Gasteiger partial charge in [-0.3, -0.25) is 0 Å². The summed E-state index contributed by atoms with van der Waals surface area (Å²) in [4.78, 5) is 15.9. The van der Waals surface area contributed by atoms with Crippen LogP contribution in [-0.4, -0.2) is 32.9 Å². The molecule has 1 aromatic carbocycles. The maximum atomic E-state index is 10.6. The van der Waals surface area contributed by atoms with Crippen molar-refractivity contribution in [2.75, 3.05) is 0 Å². The Morgan fingerprint density at radius 3 is 1.31 bits per heavy atom. The first-order valence-electron chi connectivity index (χ1n) is 10.6. The number of nitrogens with one attached hydrogen (secondary N) is 2. The van der Waals surface area contributed by atoms with Crippen molar-refractivity contribution in [3.05, 3.63) is 95.6 Å². The molecule has 0 fully saturated rings. The summed E-state index contributed by atoms with van der Waals surface area (Å²) in [7, 11) is -4.08. The molecule has 8 bridgehead atoms. The molecular weight excluding hydrogens is 503 g/mol. The second-order valence-electron chi connectivity index (χ2n) is 7.81. The Morgan fingerprint density at radius 1 is 0.629 bits per heavy atom. The van der Waals surface area contributed by atoms with Gasteiger partial charge in [0, 0.05) is 22.1 Å². The van der Waals surface area contributed by atoms with Crippen LogP contribution in [0.3, 0.4) is 0 Å². The molecule has 0 radical (unpaired) electrons. The van der Waals surface area contributed by atoms with Crippen LogP contribution in [0.4, 0.5) is 0 Å². The van der Waals surface area contributed by atoms with Gasteiger partial charge in [-0.25, -0.2) is 9.97 Å². The van der Waals surface area contributed by atoms with Gasteiger partial charge >= 0.3 is 72.7 Å². The first-order valence-corrected chi connectivity index (χ1v) is 12.6. The fourth-order valence-corrected chi connectivity index (χ4v) is 4.83. The predicted molar refractivity (Wildman–Crippen MR) is 135 cm³/mol. The van der Waals surface area contributed by atoms with E-state index in [0.29, 0.717) is 4.46 Å². The van der Waals surface area contributed by atoms with E-state index in [4.69, 9.17) is 4.55 Å². The van der Waals surface area contributed by atoms with Crippen molar-refractivity contribution >= 4 is 61.0 Å². The third-order valence-corrected chi connectivity index (χ3v) is 6.77. The standard InChI is InChI=1S/C20H14N4.C6H5O3S.Mn/c1-2-14-10-16-5-6-18(23-16)12-20-8-7-19(24-20)11-17-4-3-15(22-17)9-13(1)21-14;7-10(8,9)6-4-2-1-3-5-6;/h1-12,21,24H;1-4H,(H,7,8,9);. The number of rotatable bonds is 1. The first kappa shape index (κ1) is 23.0. The van der Waals surface area contributed by atoms with Crippen LogP contribution in [0.25, 0.3) is 46.4 Å². The van der Waals surface area contributed by atoms with E-state index >= 15 is 0 Å². The number of hydrogen-bond donors (Lipinski definition) is 3. The Labute approximate surface area is 209 Å². The molecule has 0 aliphatic carbocycles. The molecule has 0 atom stereocenters. The predicted octanol–water partition coefficient (Wildman–Crippen LogP) is 4.76. The summed E-state index contributed by atoms with van der Waals surface area (Å²) in [6.07, 6.45) is 8.09. The molecule has 174 valence electrons. The van der Waals surface area contributed by atoms with Crippen molar-refractivity contribution in [2.45, 2.75) is 4.90 Å². The van der Waals surface area contributed by atoms with Crippen molar-refractivity contribution in [3.63, 3.8) is 0 Å². The summed E-state index contributed by atoms with van der Waals surface area (Å²) in [6, 6.07) is 22.4. The van der Waals surface area contributed by atoms with E-state index < -0.39 is 10.1 Å². The summed E-state index contributed by atoms with van der Waals surface area (Å²) in [5, 5.41) is 0. The Bertz CT molecular complexity index is 1580. The summed E-state index contributed by atoms with van der Waals surface area (Å²) < 4.78 is 30.1. The first-order chi connectivity index (χ1) is 16.8. The third-order valence-electron chi connectivity index (χ3n) is 5.16. The van der Waals surface area contributed by atoms with E-state index in [1.165, 1.54) is 12.1 Å². The molecule has 2 aliphatic rings. The Balaban J connectivity index is 0.000000195. The summed E-state index contributed by atoms with van der Waals surface area (Å²) in [5.74, 6) is 0. The van der Waals surface area contributed by atoms with Crippen LogP contribution >= 0.6 is 0 Å². The Hall–Kier alpha value is -3.75. The molecule has 3 N–H and O–H groups in total. The molecule has 0 saturated heterocycles. The Morgan fingerprint density at radius 2 is 1.00 bits per heavy atom. The molecule has 3 aromatic heterocycles. The van der Waals surface area contributed by atoms with Gasteiger partial charge in [0.15, 0.2) is 0 Å². The number of hydrogen-bond acceptors (Lipinski definition) is 4. The third kappa shape index (κ3) is 5.67. The van der Waals surface area contributed by atoms with Crippen molar-refractivity contribution in [2.24, 2.45) is 0 Å².